The topological polar surface area (TPSA) is 9.23 Å². The summed E-state index contributed by atoms with van der Waals surface area (Å²) in [7, 11) is 0. The molecule has 3 rings (SSSR count). The second kappa shape index (κ2) is 9.92. The van der Waals surface area contributed by atoms with Gasteiger partial charge in [0.05, 0.1) is 6.61 Å². The average Bonchev–Trinajstić information content (AvgIpc) is 2.72. The maximum absolute atomic E-state index is 15.0. The van der Waals surface area contributed by atoms with E-state index < -0.39 is 0 Å². The Labute approximate surface area is 164 Å². The third kappa shape index (κ3) is 4.91. The van der Waals surface area contributed by atoms with Crippen molar-refractivity contribution >= 4 is 0 Å². The summed E-state index contributed by atoms with van der Waals surface area (Å²) in [5.74, 6) is 1.78. The molecule has 0 radical (unpaired) electrons. The third-order valence-electron chi connectivity index (χ3n) is 5.90. The van der Waals surface area contributed by atoms with E-state index in [2.05, 4.69) is 26.0 Å². The maximum Gasteiger partial charge on any atom is 0.133 e. The molecule has 0 amide bonds. The Hall–Kier alpha value is -1.83. The molecule has 0 spiro atoms. The molecule has 2 aromatic carbocycles. The Kier molecular flexibility index (Phi) is 7.32. The Morgan fingerprint density at radius 3 is 2.33 bits per heavy atom. The normalized spacial score (nSPS) is 19.8. The molecule has 0 saturated heterocycles. The maximum atomic E-state index is 15.0. The summed E-state index contributed by atoms with van der Waals surface area (Å²) in [4.78, 5) is 0. The van der Waals surface area contributed by atoms with Gasteiger partial charge < -0.3 is 4.74 Å². The van der Waals surface area contributed by atoms with E-state index in [0.29, 0.717) is 6.61 Å². The highest BCUT2D eigenvalue weighted by Gasteiger charge is 2.28. The third-order valence-corrected chi connectivity index (χ3v) is 5.90. The van der Waals surface area contributed by atoms with Crippen molar-refractivity contribution in [2.75, 3.05) is 6.61 Å². The van der Waals surface area contributed by atoms with Gasteiger partial charge in [-0.05, 0) is 61.6 Å². The van der Waals surface area contributed by atoms with E-state index in [1.165, 1.54) is 32.1 Å². The van der Waals surface area contributed by atoms with Gasteiger partial charge in [0.2, 0.25) is 0 Å². The molecule has 1 nitrogen and oxygen atoms in total. The van der Waals surface area contributed by atoms with Gasteiger partial charge in [0.1, 0.15) is 11.6 Å². The highest BCUT2D eigenvalue weighted by Crippen LogP contribution is 2.45. The van der Waals surface area contributed by atoms with Gasteiger partial charge >= 0.3 is 0 Å². The molecule has 0 bridgehead atoms. The first-order valence-corrected chi connectivity index (χ1v) is 10.7. The van der Waals surface area contributed by atoms with Crippen molar-refractivity contribution in [1.29, 1.82) is 0 Å². The number of halogens is 1. The van der Waals surface area contributed by atoms with Crippen molar-refractivity contribution in [2.45, 2.75) is 71.1 Å². The molecule has 0 N–H and O–H groups in total. The fourth-order valence-electron chi connectivity index (χ4n) is 4.39. The van der Waals surface area contributed by atoms with Crippen LogP contribution in [0, 0.1) is 11.7 Å². The van der Waals surface area contributed by atoms with Crippen LogP contribution in [0.25, 0.3) is 11.1 Å². The molecule has 1 fully saturated rings. The van der Waals surface area contributed by atoms with Crippen molar-refractivity contribution in [2.24, 2.45) is 5.92 Å². The monoisotopic (exact) mass is 368 g/mol. The highest BCUT2D eigenvalue weighted by atomic mass is 19.1. The van der Waals surface area contributed by atoms with E-state index >= 15 is 0 Å². The number of hydrogen-bond acceptors (Lipinski definition) is 1. The molecule has 0 aliphatic heterocycles. The minimum absolute atomic E-state index is 0.0993. The lowest BCUT2D eigenvalue weighted by molar-refractivity contribution is 0.281. The van der Waals surface area contributed by atoms with Crippen LogP contribution >= 0.6 is 0 Å². The zero-order chi connectivity index (χ0) is 19.1. The van der Waals surface area contributed by atoms with E-state index in [1.54, 1.807) is 6.07 Å². The van der Waals surface area contributed by atoms with Gasteiger partial charge in [0.25, 0.3) is 0 Å². The number of hydrogen-bond donors (Lipinski definition) is 0. The van der Waals surface area contributed by atoms with Crippen LogP contribution in [0.3, 0.4) is 0 Å². The molecule has 146 valence electrons. The zero-order valence-electron chi connectivity index (χ0n) is 16.8. The highest BCUT2D eigenvalue weighted by molar-refractivity contribution is 5.72. The van der Waals surface area contributed by atoms with Gasteiger partial charge in [-0.25, -0.2) is 4.39 Å². The molecule has 0 atom stereocenters. The number of ether oxygens (including phenoxy) is 1. The number of rotatable bonds is 8. The van der Waals surface area contributed by atoms with Gasteiger partial charge in [0, 0.05) is 11.1 Å². The summed E-state index contributed by atoms with van der Waals surface area (Å²) in [6, 6.07) is 13.8. The van der Waals surface area contributed by atoms with Crippen LogP contribution in [0.4, 0.5) is 4.39 Å². The van der Waals surface area contributed by atoms with Gasteiger partial charge in [-0.15, -0.1) is 0 Å². The van der Waals surface area contributed by atoms with Gasteiger partial charge in [-0.2, -0.15) is 0 Å². The molecular weight excluding hydrogens is 335 g/mol. The Morgan fingerprint density at radius 1 is 0.926 bits per heavy atom. The minimum Gasteiger partial charge on any atom is -0.493 e. The summed E-state index contributed by atoms with van der Waals surface area (Å²) in [5.41, 5.74) is 2.94. The van der Waals surface area contributed by atoms with Crippen LogP contribution in [-0.4, -0.2) is 6.61 Å². The SMILES string of the molecule is CCCCC1CCC(c2c(F)ccc(-c3ccccc3)c2OCCC)CC1. The summed E-state index contributed by atoms with van der Waals surface area (Å²) >= 11 is 0. The second-order valence-corrected chi connectivity index (χ2v) is 7.91. The summed E-state index contributed by atoms with van der Waals surface area (Å²) in [5, 5.41) is 0. The van der Waals surface area contributed by atoms with Crippen LogP contribution in [0.2, 0.25) is 0 Å². The van der Waals surface area contributed by atoms with E-state index in [1.807, 2.05) is 24.3 Å². The van der Waals surface area contributed by atoms with Crippen molar-refractivity contribution in [3.8, 4) is 16.9 Å². The van der Waals surface area contributed by atoms with Gasteiger partial charge in [0.15, 0.2) is 0 Å². The smallest absolute Gasteiger partial charge is 0.133 e. The molecular formula is C25H33FO. The van der Waals surface area contributed by atoms with Crippen molar-refractivity contribution in [3.63, 3.8) is 0 Å². The first-order valence-electron chi connectivity index (χ1n) is 10.7. The summed E-state index contributed by atoms with van der Waals surface area (Å²) in [6.45, 7) is 4.98. The van der Waals surface area contributed by atoms with Gasteiger partial charge in [-0.3, -0.25) is 0 Å². The lowest BCUT2D eigenvalue weighted by atomic mass is 9.76. The van der Waals surface area contributed by atoms with E-state index in [4.69, 9.17) is 4.74 Å². The Bertz CT molecular complexity index is 702. The van der Waals surface area contributed by atoms with E-state index in [0.717, 1.165) is 47.6 Å². The first kappa shape index (κ1) is 19.9. The first-order chi connectivity index (χ1) is 13.2. The quantitative estimate of drug-likeness (QED) is 0.463. The molecule has 2 heteroatoms. The van der Waals surface area contributed by atoms with Crippen LogP contribution in [-0.2, 0) is 0 Å². The zero-order valence-corrected chi connectivity index (χ0v) is 16.8. The molecule has 1 saturated carbocycles. The average molecular weight is 369 g/mol. The molecule has 0 heterocycles. The standard InChI is InChI=1S/C25H33FO/c1-3-5-9-19-12-14-21(15-13-19)24-23(26)17-16-22(25(24)27-18-4-2)20-10-7-6-8-11-20/h6-8,10-11,16-17,19,21H,3-5,9,12-15,18H2,1-2H3. The second-order valence-electron chi connectivity index (χ2n) is 7.91. The fourth-order valence-corrected chi connectivity index (χ4v) is 4.39. The fraction of sp³-hybridized carbons (Fsp3) is 0.520. The molecule has 1 aliphatic carbocycles. The summed E-state index contributed by atoms with van der Waals surface area (Å²) in [6.07, 6.45) is 9.42. The van der Waals surface area contributed by atoms with Crippen LogP contribution in [0.1, 0.15) is 76.7 Å². The molecule has 27 heavy (non-hydrogen) atoms. The van der Waals surface area contributed by atoms with Crippen LogP contribution < -0.4 is 4.74 Å². The van der Waals surface area contributed by atoms with E-state index in [-0.39, 0.29) is 11.7 Å². The van der Waals surface area contributed by atoms with Gasteiger partial charge in [-0.1, -0.05) is 63.4 Å². The van der Waals surface area contributed by atoms with Crippen LogP contribution in [0.15, 0.2) is 42.5 Å². The van der Waals surface area contributed by atoms with Crippen molar-refractivity contribution < 1.29 is 9.13 Å². The molecule has 0 aromatic heterocycles. The van der Waals surface area contributed by atoms with Crippen LogP contribution in [0.5, 0.6) is 5.75 Å². The van der Waals surface area contributed by atoms with Crippen molar-refractivity contribution in [3.05, 3.63) is 53.8 Å². The molecule has 2 aromatic rings. The largest absolute Gasteiger partial charge is 0.493 e. The number of benzene rings is 2. The summed E-state index contributed by atoms with van der Waals surface area (Å²) < 4.78 is 21.1. The van der Waals surface area contributed by atoms with Crippen molar-refractivity contribution in [1.82, 2.24) is 0 Å². The minimum atomic E-state index is -0.0993. The van der Waals surface area contributed by atoms with E-state index in [9.17, 15) is 4.39 Å². The Balaban J connectivity index is 1.90. The predicted octanol–water partition coefficient (Wildman–Crippen LogP) is 7.75. The number of unbranched alkanes of at least 4 members (excludes halogenated alkanes) is 1. The predicted molar refractivity (Wildman–Crippen MR) is 112 cm³/mol. The molecule has 1 aliphatic rings. The lowest BCUT2D eigenvalue weighted by Gasteiger charge is -2.30. The molecule has 0 unspecified atom stereocenters. The Morgan fingerprint density at radius 2 is 1.67 bits per heavy atom. The lowest BCUT2D eigenvalue weighted by Crippen LogP contribution is -2.16.